The van der Waals surface area contributed by atoms with Crippen LogP contribution in [-0.2, 0) is 0 Å². The number of nitrogens with zero attached hydrogens (tertiary/aromatic N) is 3. The number of carbonyl (C=O) groups is 1. The van der Waals surface area contributed by atoms with Gasteiger partial charge in [-0.3, -0.25) is 0 Å². The number of carbonyl (C=O) groups excluding carboxylic acids is 1. The Morgan fingerprint density at radius 3 is 2.62 bits per heavy atom. The van der Waals surface area contributed by atoms with Crippen molar-refractivity contribution in [3.63, 3.8) is 0 Å². The second-order valence-corrected chi connectivity index (χ2v) is 6.96. The molecule has 6 heteroatoms. The molecule has 132 valence electrons. The molecule has 0 radical (unpaired) electrons. The molecule has 1 unspecified atom stereocenters. The van der Waals surface area contributed by atoms with Gasteiger partial charge in [0.05, 0.1) is 6.10 Å². The summed E-state index contributed by atoms with van der Waals surface area (Å²) in [4.78, 5) is 18.8. The molecule has 2 saturated heterocycles. The van der Waals surface area contributed by atoms with E-state index < -0.39 is 6.10 Å². The summed E-state index contributed by atoms with van der Waals surface area (Å²) in [6.07, 6.45) is 1.24. The first-order valence-electron chi connectivity index (χ1n) is 8.81. The van der Waals surface area contributed by atoms with Crippen molar-refractivity contribution in [1.29, 1.82) is 0 Å². The van der Waals surface area contributed by atoms with E-state index in [0.717, 1.165) is 50.3 Å². The SMILES string of the molecule is Cc1cc(N2CCN(C)CC2)ccc1NC(=O)N1CCCC(O)C1. The van der Waals surface area contributed by atoms with Crippen molar-refractivity contribution in [3.05, 3.63) is 23.8 Å². The molecule has 0 spiro atoms. The van der Waals surface area contributed by atoms with Crippen LogP contribution in [0, 0.1) is 6.92 Å². The molecule has 2 aliphatic heterocycles. The fourth-order valence-electron chi connectivity index (χ4n) is 3.38. The quantitative estimate of drug-likeness (QED) is 0.866. The monoisotopic (exact) mass is 332 g/mol. The average molecular weight is 332 g/mol. The molecule has 2 heterocycles. The van der Waals surface area contributed by atoms with E-state index >= 15 is 0 Å². The van der Waals surface area contributed by atoms with E-state index in [0.29, 0.717) is 13.1 Å². The molecule has 2 fully saturated rings. The number of rotatable bonds is 2. The molecule has 2 amide bonds. The maximum atomic E-state index is 12.4. The molecule has 24 heavy (non-hydrogen) atoms. The molecule has 1 aromatic carbocycles. The number of likely N-dealkylation sites (N-methyl/N-ethyl adjacent to an activating group) is 1. The van der Waals surface area contributed by atoms with Gasteiger partial charge in [-0.15, -0.1) is 0 Å². The van der Waals surface area contributed by atoms with Crippen molar-refractivity contribution < 1.29 is 9.90 Å². The number of piperidine rings is 1. The van der Waals surface area contributed by atoms with Gasteiger partial charge >= 0.3 is 6.03 Å². The Kier molecular flexibility index (Phi) is 5.26. The van der Waals surface area contributed by atoms with Crippen LogP contribution >= 0.6 is 0 Å². The molecule has 3 rings (SSSR count). The highest BCUT2D eigenvalue weighted by atomic mass is 16.3. The van der Waals surface area contributed by atoms with Crippen LogP contribution in [-0.4, -0.2) is 73.4 Å². The normalized spacial score (nSPS) is 22.5. The second-order valence-electron chi connectivity index (χ2n) is 6.96. The second kappa shape index (κ2) is 7.40. The topological polar surface area (TPSA) is 59.0 Å². The standard InChI is InChI=1S/C18H28N4O2/c1-14-12-15(21-10-8-20(2)9-11-21)5-6-17(14)19-18(24)22-7-3-4-16(23)13-22/h5-6,12,16,23H,3-4,7-11,13H2,1-2H3,(H,19,24). The molecular weight excluding hydrogens is 304 g/mol. The molecule has 1 aromatic rings. The van der Waals surface area contributed by atoms with E-state index in [1.54, 1.807) is 4.90 Å². The number of anilines is 2. The van der Waals surface area contributed by atoms with Gasteiger partial charge in [-0.2, -0.15) is 0 Å². The van der Waals surface area contributed by atoms with Crippen LogP contribution in [0.2, 0.25) is 0 Å². The zero-order chi connectivity index (χ0) is 17.1. The fraction of sp³-hybridized carbons (Fsp3) is 0.611. The highest BCUT2D eigenvalue weighted by Crippen LogP contribution is 2.24. The predicted octanol–water partition coefficient (Wildman–Crippen LogP) is 1.74. The smallest absolute Gasteiger partial charge is 0.321 e. The summed E-state index contributed by atoms with van der Waals surface area (Å²) in [5.41, 5.74) is 3.13. The molecule has 2 N–H and O–H groups in total. The summed E-state index contributed by atoms with van der Waals surface area (Å²) in [7, 11) is 2.15. The number of hydrogen-bond donors (Lipinski definition) is 2. The molecule has 6 nitrogen and oxygen atoms in total. The van der Waals surface area contributed by atoms with E-state index in [-0.39, 0.29) is 6.03 Å². The van der Waals surface area contributed by atoms with Gasteiger partial charge in [0.25, 0.3) is 0 Å². The zero-order valence-corrected chi connectivity index (χ0v) is 14.7. The molecule has 0 bridgehead atoms. The Bertz CT molecular complexity index is 584. The van der Waals surface area contributed by atoms with Crippen LogP contribution in [0.4, 0.5) is 16.2 Å². The van der Waals surface area contributed by atoms with E-state index in [1.807, 2.05) is 13.0 Å². The summed E-state index contributed by atoms with van der Waals surface area (Å²) in [6.45, 7) is 7.39. The third kappa shape index (κ3) is 3.99. The maximum Gasteiger partial charge on any atom is 0.321 e. The molecule has 0 aliphatic carbocycles. The van der Waals surface area contributed by atoms with Crippen molar-refractivity contribution in [2.75, 3.05) is 56.5 Å². The number of β-amino-alcohol motifs (C(OH)–C–C–N with tert-alkyl or cyclic N) is 1. The Balaban J connectivity index is 1.63. The molecule has 2 aliphatic rings. The molecular formula is C18H28N4O2. The number of aryl methyl sites for hydroxylation is 1. The van der Waals surface area contributed by atoms with Crippen LogP contribution in [0.3, 0.4) is 0 Å². The summed E-state index contributed by atoms with van der Waals surface area (Å²) >= 11 is 0. The van der Waals surface area contributed by atoms with E-state index in [4.69, 9.17) is 0 Å². The minimum Gasteiger partial charge on any atom is -0.391 e. The van der Waals surface area contributed by atoms with Crippen LogP contribution in [0.5, 0.6) is 0 Å². The average Bonchev–Trinajstić information content (AvgIpc) is 2.57. The number of urea groups is 1. The lowest BCUT2D eigenvalue weighted by molar-refractivity contribution is 0.0883. The van der Waals surface area contributed by atoms with Gasteiger partial charge < -0.3 is 25.1 Å². The molecule has 0 saturated carbocycles. The lowest BCUT2D eigenvalue weighted by atomic mass is 10.1. The van der Waals surface area contributed by atoms with E-state index in [9.17, 15) is 9.90 Å². The zero-order valence-electron chi connectivity index (χ0n) is 14.7. The highest BCUT2D eigenvalue weighted by molar-refractivity contribution is 5.90. The first-order chi connectivity index (χ1) is 11.5. The Labute approximate surface area is 144 Å². The van der Waals surface area contributed by atoms with E-state index in [2.05, 4.69) is 34.3 Å². The summed E-state index contributed by atoms with van der Waals surface area (Å²) in [5.74, 6) is 0. The minimum absolute atomic E-state index is 0.121. The summed E-state index contributed by atoms with van der Waals surface area (Å²) in [6, 6.07) is 6.09. The largest absolute Gasteiger partial charge is 0.391 e. The van der Waals surface area contributed by atoms with Crippen molar-refractivity contribution in [2.24, 2.45) is 0 Å². The van der Waals surface area contributed by atoms with Crippen LogP contribution < -0.4 is 10.2 Å². The van der Waals surface area contributed by atoms with Crippen molar-refractivity contribution in [1.82, 2.24) is 9.80 Å². The summed E-state index contributed by atoms with van der Waals surface area (Å²) in [5, 5.41) is 12.7. The number of benzene rings is 1. The van der Waals surface area contributed by atoms with Crippen LogP contribution in [0.15, 0.2) is 18.2 Å². The van der Waals surface area contributed by atoms with Crippen LogP contribution in [0.1, 0.15) is 18.4 Å². The Morgan fingerprint density at radius 2 is 1.96 bits per heavy atom. The maximum absolute atomic E-state index is 12.4. The number of nitrogens with one attached hydrogen (secondary N) is 1. The number of hydrogen-bond acceptors (Lipinski definition) is 4. The van der Waals surface area contributed by atoms with Gasteiger partial charge in [0, 0.05) is 50.6 Å². The number of aliphatic hydroxyl groups is 1. The number of amides is 2. The summed E-state index contributed by atoms with van der Waals surface area (Å²) < 4.78 is 0. The van der Waals surface area contributed by atoms with Crippen molar-refractivity contribution in [3.8, 4) is 0 Å². The van der Waals surface area contributed by atoms with Gasteiger partial charge in [0.15, 0.2) is 0 Å². The predicted molar refractivity (Wildman–Crippen MR) is 96.7 cm³/mol. The third-order valence-electron chi connectivity index (χ3n) is 5.00. The minimum atomic E-state index is -0.398. The lowest BCUT2D eigenvalue weighted by Crippen LogP contribution is -2.44. The highest BCUT2D eigenvalue weighted by Gasteiger charge is 2.22. The first kappa shape index (κ1) is 17.0. The number of aliphatic hydroxyl groups excluding tert-OH is 1. The number of piperazine rings is 1. The van der Waals surface area contributed by atoms with Gasteiger partial charge in [0.2, 0.25) is 0 Å². The van der Waals surface area contributed by atoms with E-state index in [1.165, 1.54) is 5.69 Å². The van der Waals surface area contributed by atoms with Gasteiger partial charge in [-0.25, -0.2) is 4.79 Å². The molecule has 0 aromatic heterocycles. The Morgan fingerprint density at radius 1 is 1.21 bits per heavy atom. The van der Waals surface area contributed by atoms with Crippen molar-refractivity contribution in [2.45, 2.75) is 25.9 Å². The fourth-order valence-corrected chi connectivity index (χ4v) is 3.38. The van der Waals surface area contributed by atoms with Crippen molar-refractivity contribution >= 4 is 17.4 Å². The van der Waals surface area contributed by atoms with Gasteiger partial charge in [0.1, 0.15) is 0 Å². The van der Waals surface area contributed by atoms with Crippen LogP contribution in [0.25, 0.3) is 0 Å². The van der Waals surface area contributed by atoms with Gasteiger partial charge in [-0.1, -0.05) is 0 Å². The Hall–Kier alpha value is -1.79. The van der Waals surface area contributed by atoms with Gasteiger partial charge in [-0.05, 0) is 50.6 Å². The molecule has 1 atom stereocenters. The third-order valence-corrected chi connectivity index (χ3v) is 5.00. The number of likely N-dealkylation sites (tertiary alicyclic amines) is 1. The first-order valence-corrected chi connectivity index (χ1v) is 8.81. The lowest BCUT2D eigenvalue weighted by Gasteiger charge is -2.34.